The normalized spacial score (nSPS) is 11.0. The van der Waals surface area contributed by atoms with E-state index in [0.29, 0.717) is 0 Å². The summed E-state index contributed by atoms with van der Waals surface area (Å²) in [4.78, 5) is 5.26. The zero-order valence-corrected chi connectivity index (χ0v) is 29.0. The summed E-state index contributed by atoms with van der Waals surface area (Å²) >= 11 is 3.75. The molecule has 6 aromatic carbocycles. The fourth-order valence-corrected chi connectivity index (χ4v) is 7.53. The van der Waals surface area contributed by atoms with Gasteiger partial charge in [0.2, 0.25) is 0 Å². The van der Waals surface area contributed by atoms with Gasteiger partial charge >= 0.3 is 0 Å². The van der Waals surface area contributed by atoms with E-state index in [1.807, 2.05) is 22.7 Å². The Bertz CT molecular complexity index is 2050. The average molecular weight is 635 g/mol. The smallest absolute Gasteiger partial charge is 0.0449 e. The first-order chi connectivity index (χ1) is 22.6. The molecule has 0 fully saturated rings. The van der Waals surface area contributed by atoms with Gasteiger partial charge in [0.25, 0.3) is 0 Å². The highest BCUT2D eigenvalue weighted by atomic mass is 32.1. The number of thiophene rings is 2. The molecule has 0 aliphatic rings. The predicted octanol–water partition coefficient (Wildman–Crippen LogP) is 15.0. The molecular formula is C44H42S2. The minimum atomic E-state index is 1.28. The molecule has 2 heterocycles. The van der Waals surface area contributed by atoms with Crippen LogP contribution in [0.3, 0.4) is 0 Å². The lowest BCUT2D eigenvalue weighted by Gasteiger charge is -2.05. The Balaban J connectivity index is 0.000000420. The standard InChI is InChI=1S/C36H22S2.2C4H10/c1-3-7-25-19-31-21-29(11-9-27(31)17-23(25)5-1)33-13-15-35(37-33)36-16-14-34(38-36)30-12-10-28-18-24-6-2-4-8-26(24)20-32(28)22-30;2*1-3-4-2/h1-22H;2*3-4H2,1-2H3. The Labute approximate surface area is 282 Å². The van der Waals surface area contributed by atoms with Crippen LogP contribution in [0.2, 0.25) is 0 Å². The topological polar surface area (TPSA) is 0 Å². The lowest BCUT2D eigenvalue weighted by atomic mass is 10.0. The molecule has 0 amide bonds. The van der Waals surface area contributed by atoms with Crippen molar-refractivity contribution in [2.75, 3.05) is 0 Å². The molecule has 0 saturated carbocycles. The van der Waals surface area contributed by atoms with Crippen LogP contribution in [0.4, 0.5) is 0 Å². The van der Waals surface area contributed by atoms with Crippen LogP contribution in [0, 0.1) is 0 Å². The maximum Gasteiger partial charge on any atom is 0.0449 e. The van der Waals surface area contributed by atoms with Crippen molar-refractivity contribution in [3.05, 3.63) is 133 Å². The summed E-state index contributed by atoms with van der Waals surface area (Å²) < 4.78 is 0. The van der Waals surface area contributed by atoms with Gasteiger partial charge in [-0.3, -0.25) is 0 Å². The third kappa shape index (κ3) is 7.09. The van der Waals surface area contributed by atoms with E-state index in [2.05, 4.69) is 161 Å². The van der Waals surface area contributed by atoms with Crippen LogP contribution in [0.25, 0.3) is 73.7 Å². The first kappa shape index (κ1) is 31.7. The van der Waals surface area contributed by atoms with Crippen molar-refractivity contribution >= 4 is 65.8 Å². The molecule has 0 nitrogen and oxygen atoms in total. The van der Waals surface area contributed by atoms with Gasteiger partial charge in [0.05, 0.1) is 0 Å². The summed E-state index contributed by atoms with van der Waals surface area (Å²) in [7, 11) is 0. The summed E-state index contributed by atoms with van der Waals surface area (Å²) in [5, 5.41) is 10.3. The molecule has 0 saturated heterocycles. The van der Waals surface area contributed by atoms with E-state index in [9.17, 15) is 0 Å². The number of rotatable bonds is 5. The molecule has 230 valence electrons. The predicted molar refractivity (Wildman–Crippen MR) is 210 cm³/mol. The van der Waals surface area contributed by atoms with E-state index in [1.54, 1.807) is 0 Å². The highest BCUT2D eigenvalue weighted by Crippen LogP contribution is 2.41. The molecule has 8 aromatic rings. The molecule has 0 unspecified atom stereocenters. The lowest BCUT2D eigenvalue weighted by molar-refractivity contribution is 0.886. The Morgan fingerprint density at radius 2 is 0.609 bits per heavy atom. The van der Waals surface area contributed by atoms with Gasteiger partial charge in [0.15, 0.2) is 0 Å². The molecular weight excluding hydrogens is 593 g/mol. The molecule has 8 rings (SSSR count). The molecule has 0 aliphatic heterocycles. The second-order valence-electron chi connectivity index (χ2n) is 11.9. The zero-order valence-electron chi connectivity index (χ0n) is 27.3. The van der Waals surface area contributed by atoms with Crippen molar-refractivity contribution in [1.82, 2.24) is 0 Å². The minimum absolute atomic E-state index is 1.28. The number of hydrogen-bond acceptors (Lipinski definition) is 2. The van der Waals surface area contributed by atoms with Crippen LogP contribution < -0.4 is 0 Å². The molecule has 0 spiro atoms. The second kappa shape index (κ2) is 14.9. The fraction of sp³-hybridized carbons (Fsp3) is 0.182. The maximum atomic E-state index is 2.33. The summed E-state index contributed by atoms with van der Waals surface area (Å²) in [6.45, 7) is 8.72. The first-order valence-corrected chi connectivity index (χ1v) is 18.3. The van der Waals surface area contributed by atoms with Gasteiger partial charge in [-0.25, -0.2) is 0 Å². The van der Waals surface area contributed by atoms with Gasteiger partial charge < -0.3 is 0 Å². The van der Waals surface area contributed by atoms with Gasteiger partial charge in [-0.2, -0.15) is 0 Å². The average Bonchev–Trinajstić information content (AvgIpc) is 3.81. The van der Waals surface area contributed by atoms with Crippen molar-refractivity contribution in [2.24, 2.45) is 0 Å². The van der Waals surface area contributed by atoms with Crippen LogP contribution in [-0.2, 0) is 0 Å². The minimum Gasteiger partial charge on any atom is -0.134 e. The maximum absolute atomic E-state index is 2.33. The van der Waals surface area contributed by atoms with E-state index in [0.717, 1.165) is 0 Å². The van der Waals surface area contributed by atoms with E-state index in [4.69, 9.17) is 0 Å². The van der Waals surface area contributed by atoms with Crippen molar-refractivity contribution in [2.45, 2.75) is 53.4 Å². The summed E-state index contributed by atoms with van der Waals surface area (Å²) in [5.41, 5.74) is 2.56. The number of fused-ring (bicyclic) bond motifs is 4. The number of unbranched alkanes of at least 4 members (excludes halogenated alkanes) is 2. The van der Waals surface area contributed by atoms with Crippen LogP contribution >= 0.6 is 22.7 Å². The SMILES string of the molecule is CCCC.CCCC.c1ccc2cc3cc(-c4ccc(-c5ccc(-c6ccc7cc8ccccc8cc7c6)s5)s4)ccc3cc2c1. The molecule has 46 heavy (non-hydrogen) atoms. The zero-order chi connectivity index (χ0) is 31.9. The quantitative estimate of drug-likeness (QED) is 0.165. The van der Waals surface area contributed by atoms with E-state index < -0.39 is 0 Å². The molecule has 2 heteroatoms. The van der Waals surface area contributed by atoms with E-state index in [-0.39, 0.29) is 0 Å². The third-order valence-corrected chi connectivity index (χ3v) is 10.9. The lowest BCUT2D eigenvalue weighted by Crippen LogP contribution is -1.78. The Hall–Kier alpha value is -4.24. The molecule has 0 radical (unpaired) electrons. The second-order valence-corrected chi connectivity index (χ2v) is 14.0. The monoisotopic (exact) mass is 634 g/mol. The largest absolute Gasteiger partial charge is 0.134 e. The van der Waals surface area contributed by atoms with Crippen molar-refractivity contribution in [3.63, 3.8) is 0 Å². The van der Waals surface area contributed by atoms with Crippen molar-refractivity contribution in [3.8, 4) is 30.6 Å². The van der Waals surface area contributed by atoms with Crippen LogP contribution in [0.15, 0.2) is 133 Å². The van der Waals surface area contributed by atoms with Gasteiger partial charge in [-0.15, -0.1) is 22.7 Å². The third-order valence-electron chi connectivity index (χ3n) is 8.43. The van der Waals surface area contributed by atoms with Gasteiger partial charge in [0, 0.05) is 19.5 Å². The van der Waals surface area contributed by atoms with Gasteiger partial charge in [-0.1, -0.05) is 126 Å². The summed E-state index contributed by atoms with van der Waals surface area (Å²) in [6, 6.07) is 49.1. The molecule has 0 atom stereocenters. The van der Waals surface area contributed by atoms with Crippen LogP contribution in [0.5, 0.6) is 0 Å². The van der Waals surface area contributed by atoms with Crippen LogP contribution in [0.1, 0.15) is 53.4 Å². The molecule has 0 aliphatic carbocycles. The highest BCUT2D eigenvalue weighted by molar-refractivity contribution is 7.25. The Morgan fingerprint density at radius 1 is 0.304 bits per heavy atom. The Morgan fingerprint density at radius 3 is 0.957 bits per heavy atom. The van der Waals surface area contributed by atoms with E-state index >= 15 is 0 Å². The number of hydrogen-bond donors (Lipinski definition) is 0. The van der Waals surface area contributed by atoms with Crippen LogP contribution in [-0.4, -0.2) is 0 Å². The summed E-state index contributed by atoms with van der Waals surface area (Å²) in [5.74, 6) is 0. The molecule has 0 N–H and O–H groups in total. The first-order valence-electron chi connectivity index (χ1n) is 16.7. The van der Waals surface area contributed by atoms with Crippen molar-refractivity contribution in [1.29, 1.82) is 0 Å². The Kier molecular flexibility index (Phi) is 10.3. The molecule has 2 aromatic heterocycles. The van der Waals surface area contributed by atoms with E-state index in [1.165, 1.54) is 99.4 Å². The van der Waals surface area contributed by atoms with Gasteiger partial charge in [-0.05, 0) is 115 Å². The highest BCUT2D eigenvalue weighted by Gasteiger charge is 2.11. The van der Waals surface area contributed by atoms with Gasteiger partial charge in [0.1, 0.15) is 0 Å². The molecule has 0 bridgehead atoms. The number of benzene rings is 6. The van der Waals surface area contributed by atoms with Crippen molar-refractivity contribution < 1.29 is 0 Å². The summed E-state index contributed by atoms with van der Waals surface area (Å²) in [6.07, 6.45) is 5.28. The fourth-order valence-electron chi connectivity index (χ4n) is 5.44.